The largest absolute Gasteiger partial charge is 0.573 e. The quantitative estimate of drug-likeness (QED) is 0.357. The number of nitrogens with one attached hydrogen (secondary N) is 1. The fraction of sp³-hybridized carbons (Fsp3) is 0.333. The molecule has 3 aromatic rings. The molecule has 1 aliphatic rings. The molecule has 1 N–H and O–H groups in total. The summed E-state index contributed by atoms with van der Waals surface area (Å²) in [5.41, 5.74) is 0.557. The van der Waals surface area contributed by atoms with Crippen LogP contribution in [0.4, 0.5) is 32.0 Å². The molecule has 5 nitrogen and oxygen atoms in total. The van der Waals surface area contributed by atoms with E-state index < -0.39 is 47.4 Å². The van der Waals surface area contributed by atoms with Gasteiger partial charge in [-0.05, 0) is 80.8 Å². The van der Waals surface area contributed by atoms with Crippen molar-refractivity contribution in [3.05, 3.63) is 89.2 Å². The SMILES string of the molecule is Cc1ccc(C(C)(C)NC2CC(c3cccc(OC(F)(F)F)c3)N(c3ccc(C(F)(F)F)cc3)C2=O)cn1. The molecule has 11 heteroatoms. The van der Waals surface area contributed by atoms with Gasteiger partial charge in [-0.1, -0.05) is 18.2 Å². The summed E-state index contributed by atoms with van der Waals surface area (Å²) in [4.78, 5) is 19.3. The summed E-state index contributed by atoms with van der Waals surface area (Å²) in [5.74, 6) is -0.887. The molecule has 0 aliphatic carbocycles. The number of carbonyl (C=O) groups excluding carboxylic acids is 1. The van der Waals surface area contributed by atoms with Gasteiger partial charge < -0.3 is 9.64 Å². The second-order valence-electron chi connectivity index (χ2n) is 9.63. The zero-order valence-corrected chi connectivity index (χ0v) is 20.7. The standard InChI is InChI=1S/C27H25F6N3O2/c1-16-7-8-19(15-34-16)25(2,3)35-22-14-23(17-5-4-6-21(13-17)38-27(31,32)33)36(24(22)37)20-11-9-18(10-12-20)26(28,29)30/h4-13,15,22-23,35H,14H2,1-3H3. The summed E-state index contributed by atoms with van der Waals surface area (Å²) in [7, 11) is 0. The second kappa shape index (κ2) is 9.94. The molecule has 0 saturated carbocycles. The minimum absolute atomic E-state index is 0.151. The van der Waals surface area contributed by atoms with Crippen LogP contribution in [0.3, 0.4) is 0 Å². The first-order valence-corrected chi connectivity index (χ1v) is 11.7. The maximum atomic E-state index is 13.7. The van der Waals surface area contributed by atoms with Crippen LogP contribution >= 0.6 is 0 Å². The lowest BCUT2D eigenvalue weighted by Gasteiger charge is -2.30. The summed E-state index contributed by atoms with van der Waals surface area (Å²) < 4.78 is 81.9. The zero-order chi connectivity index (χ0) is 27.9. The Labute approximate surface area is 215 Å². The fourth-order valence-electron chi connectivity index (χ4n) is 4.55. The van der Waals surface area contributed by atoms with E-state index in [0.717, 1.165) is 29.5 Å². The number of aromatic nitrogens is 1. The van der Waals surface area contributed by atoms with Gasteiger partial charge in [0.2, 0.25) is 5.91 Å². The first kappa shape index (κ1) is 27.4. The highest BCUT2D eigenvalue weighted by Gasteiger charge is 2.44. The highest BCUT2D eigenvalue weighted by molar-refractivity contribution is 6.00. The lowest BCUT2D eigenvalue weighted by molar-refractivity contribution is -0.274. The molecule has 2 aromatic carbocycles. The minimum atomic E-state index is -4.91. The zero-order valence-electron chi connectivity index (χ0n) is 20.7. The van der Waals surface area contributed by atoms with E-state index >= 15 is 0 Å². The summed E-state index contributed by atoms with van der Waals surface area (Å²) in [6.07, 6.45) is -7.64. The Morgan fingerprint density at radius 2 is 1.61 bits per heavy atom. The normalized spacial score (nSPS) is 18.7. The van der Waals surface area contributed by atoms with E-state index in [2.05, 4.69) is 15.0 Å². The van der Waals surface area contributed by atoms with Crippen LogP contribution in [0.1, 0.15) is 48.7 Å². The Hall–Kier alpha value is -3.60. The fourth-order valence-corrected chi connectivity index (χ4v) is 4.55. The molecule has 0 radical (unpaired) electrons. The number of hydrogen-bond donors (Lipinski definition) is 1. The number of alkyl halides is 6. The molecule has 1 saturated heterocycles. The third-order valence-corrected chi connectivity index (χ3v) is 6.42. The number of halogens is 6. The van der Waals surface area contributed by atoms with Gasteiger partial charge in [0.1, 0.15) is 5.75 Å². The lowest BCUT2D eigenvalue weighted by atomic mass is 9.93. The van der Waals surface area contributed by atoms with Gasteiger partial charge in [0, 0.05) is 23.1 Å². The molecule has 1 aliphatic heterocycles. The van der Waals surface area contributed by atoms with Crippen molar-refractivity contribution < 1.29 is 35.9 Å². The Morgan fingerprint density at radius 1 is 0.947 bits per heavy atom. The van der Waals surface area contributed by atoms with E-state index in [4.69, 9.17) is 0 Å². The van der Waals surface area contributed by atoms with Crippen LogP contribution in [0.25, 0.3) is 0 Å². The van der Waals surface area contributed by atoms with E-state index in [1.165, 1.54) is 29.2 Å². The Balaban J connectivity index is 1.70. The lowest BCUT2D eigenvalue weighted by Crippen LogP contribution is -2.47. The number of rotatable bonds is 6. The average molecular weight is 538 g/mol. The number of aryl methyl sites for hydroxylation is 1. The Morgan fingerprint density at radius 3 is 2.18 bits per heavy atom. The van der Waals surface area contributed by atoms with Crippen molar-refractivity contribution in [1.82, 2.24) is 10.3 Å². The summed E-state index contributed by atoms with van der Waals surface area (Å²) in [6.45, 7) is 5.56. The van der Waals surface area contributed by atoms with Gasteiger partial charge >= 0.3 is 12.5 Å². The van der Waals surface area contributed by atoms with Gasteiger partial charge in [0.05, 0.1) is 17.6 Å². The van der Waals surface area contributed by atoms with Crippen molar-refractivity contribution in [3.63, 3.8) is 0 Å². The number of nitrogens with zero attached hydrogens (tertiary/aromatic N) is 2. The molecule has 1 aromatic heterocycles. The third-order valence-electron chi connectivity index (χ3n) is 6.42. The maximum Gasteiger partial charge on any atom is 0.573 e. The summed E-state index contributed by atoms with van der Waals surface area (Å²) in [6, 6.07) is 11.5. The van der Waals surface area contributed by atoms with E-state index in [-0.39, 0.29) is 12.1 Å². The van der Waals surface area contributed by atoms with Crippen LogP contribution in [0.15, 0.2) is 66.9 Å². The number of benzene rings is 2. The van der Waals surface area contributed by atoms with E-state index in [0.29, 0.717) is 5.56 Å². The monoisotopic (exact) mass is 537 g/mol. The Bertz CT molecular complexity index is 1290. The van der Waals surface area contributed by atoms with Crippen LogP contribution in [0.5, 0.6) is 5.75 Å². The van der Waals surface area contributed by atoms with Crippen molar-refractivity contribution in [3.8, 4) is 5.75 Å². The second-order valence-corrected chi connectivity index (χ2v) is 9.63. The molecule has 38 heavy (non-hydrogen) atoms. The van der Waals surface area contributed by atoms with Crippen molar-refractivity contribution in [2.45, 2.75) is 57.4 Å². The molecule has 0 spiro atoms. The highest BCUT2D eigenvalue weighted by atomic mass is 19.4. The van der Waals surface area contributed by atoms with Gasteiger partial charge in [-0.15, -0.1) is 13.2 Å². The topological polar surface area (TPSA) is 54.5 Å². The molecule has 0 bridgehead atoms. The minimum Gasteiger partial charge on any atom is -0.406 e. The maximum absolute atomic E-state index is 13.7. The average Bonchev–Trinajstić information content (AvgIpc) is 3.13. The molecule has 202 valence electrons. The third kappa shape index (κ3) is 6.09. The smallest absolute Gasteiger partial charge is 0.406 e. The number of hydrogen-bond acceptors (Lipinski definition) is 4. The van der Waals surface area contributed by atoms with E-state index in [9.17, 15) is 31.1 Å². The van der Waals surface area contributed by atoms with Crippen molar-refractivity contribution in [2.75, 3.05) is 4.90 Å². The van der Waals surface area contributed by atoms with Crippen LogP contribution in [-0.4, -0.2) is 23.3 Å². The molecule has 4 rings (SSSR count). The van der Waals surface area contributed by atoms with Crippen molar-refractivity contribution >= 4 is 11.6 Å². The predicted octanol–water partition coefficient (Wildman–Crippen LogP) is 6.68. The molecular weight excluding hydrogens is 512 g/mol. The van der Waals surface area contributed by atoms with Gasteiger partial charge in [-0.25, -0.2) is 0 Å². The first-order chi connectivity index (χ1) is 17.6. The first-order valence-electron chi connectivity index (χ1n) is 11.7. The van der Waals surface area contributed by atoms with Gasteiger partial charge in [-0.2, -0.15) is 13.2 Å². The number of carbonyl (C=O) groups is 1. The number of pyridine rings is 1. The van der Waals surface area contributed by atoms with E-state index in [1.807, 2.05) is 32.9 Å². The predicted molar refractivity (Wildman–Crippen MR) is 128 cm³/mol. The van der Waals surface area contributed by atoms with E-state index in [1.54, 1.807) is 12.3 Å². The summed E-state index contributed by atoms with van der Waals surface area (Å²) in [5, 5.41) is 3.31. The highest BCUT2D eigenvalue weighted by Crippen LogP contribution is 2.41. The number of anilines is 1. The molecule has 1 amide bonds. The molecule has 2 heterocycles. The van der Waals surface area contributed by atoms with Crippen molar-refractivity contribution in [1.29, 1.82) is 0 Å². The van der Waals surface area contributed by atoms with Gasteiger partial charge in [0.25, 0.3) is 0 Å². The van der Waals surface area contributed by atoms with Crippen LogP contribution in [0.2, 0.25) is 0 Å². The van der Waals surface area contributed by atoms with Crippen LogP contribution in [0, 0.1) is 6.92 Å². The van der Waals surface area contributed by atoms with Gasteiger partial charge in [-0.3, -0.25) is 15.1 Å². The molecule has 1 fully saturated rings. The molecule has 2 atom stereocenters. The van der Waals surface area contributed by atoms with Gasteiger partial charge in [0.15, 0.2) is 0 Å². The Kier molecular flexibility index (Phi) is 7.17. The van der Waals surface area contributed by atoms with Crippen LogP contribution in [-0.2, 0) is 16.5 Å². The number of ether oxygens (including phenoxy) is 1. The molecule has 2 unspecified atom stereocenters. The van der Waals surface area contributed by atoms with Crippen LogP contribution < -0.4 is 15.0 Å². The van der Waals surface area contributed by atoms with Crippen molar-refractivity contribution in [2.24, 2.45) is 0 Å². The number of amides is 1. The summed E-state index contributed by atoms with van der Waals surface area (Å²) >= 11 is 0. The molecular formula is C27H25F6N3O2.